The summed E-state index contributed by atoms with van der Waals surface area (Å²) in [7, 11) is 0. The van der Waals surface area contributed by atoms with Crippen LogP contribution in [0.15, 0.2) is 42.5 Å². The van der Waals surface area contributed by atoms with E-state index in [1.165, 1.54) is 92.4 Å². The standard InChI is InChI=1S/C25H33N/c1-25(18-11-7-5-3-2-4-6-8-12-19-25)22-16-13-15-21-20-14-9-10-17-23(20)26-24(21)22/h9-10,13-17,26H,2-8,11-12,18-19H2,1H3. The van der Waals surface area contributed by atoms with Crippen molar-refractivity contribution < 1.29 is 0 Å². The first-order valence-corrected chi connectivity index (χ1v) is 10.8. The third kappa shape index (κ3) is 3.54. The van der Waals surface area contributed by atoms with E-state index in [0.29, 0.717) is 5.41 Å². The average molecular weight is 348 g/mol. The molecular formula is C25H33N. The fourth-order valence-electron chi connectivity index (χ4n) is 5.04. The zero-order chi connectivity index (χ0) is 17.8. The van der Waals surface area contributed by atoms with Crippen LogP contribution >= 0.6 is 0 Å². The first-order chi connectivity index (χ1) is 12.8. The monoisotopic (exact) mass is 347 g/mol. The summed E-state index contributed by atoms with van der Waals surface area (Å²) in [6, 6.07) is 15.7. The van der Waals surface area contributed by atoms with Crippen molar-refractivity contribution in [2.24, 2.45) is 0 Å². The van der Waals surface area contributed by atoms with E-state index in [0.717, 1.165) is 0 Å². The van der Waals surface area contributed by atoms with E-state index in [2.05, 4.69) is 54.4 Å². The minimum absolute atomic E-state index is 0.291. The van der Waals surface area contributed by atoms with Crippen LogP contribution in [-0.2, 0) is 5.41 Å². The molecule has 1 aliphatic rings. The van der Waals surface area contributed by atoms with Gasteiger partial charge in [-0.25, -0.2) is 0 Å². The van der Waals surface area contributed by atoms with Crippen molar-refractivity contribution >= 4 is 21.8 Å². The Morgan fingerprint density at radius 3 is 1.92 bits per heavy atom. The van der Waals surface area contributed by atoms with Crippen molar-refractivity contribution in [2.75, 3.05) is 0 Å². The Kier molecular flexibility index (Phi) is 5.33. The minimum atomic E-state index is 0.291. The molecule has 2 aromatic carbocycles. The Hall–Kier alpha value is -1.76. The van der Waals surface area contributed by atoms with E-state index in [1.54, 1.807) is 5.56 Å². The van der Waals surface area contributed by atoms with Crippen LogP contribution in [0.5, 0.6) is 0 Å². The molecule has 1 N–H and O–H groups in total. The summed E-state index contributed by atoms with van der Waals surface area (Å²) in [5.41, 5.74) is 4.48. The highest BCUT2D eigenvalue weighted by molar-refractivity contribution is 6.08. The van der Waals surface area contributed by atoms with Gasteiger partial charge in [-0.1, -0.05) is 101 Å². The van der Waals surface area contributed by atoms with Crippen LogP contribution in [0.1, 0.15) is 83.1 Å². The summed E-state index contributed by atoms with van der Waals surface area (Å²) in [4.78, 5) is 3.76. The molecular weight excluding hydrogens is 314 g/mol. The van der Waals surface area contributed by atoms with Gasteiger partial charge in [0.1, 0.15) is 0 Å². The number of H-pyrrole nitrogens is 1. The number of fused-ring (bicyclic) bond motifs is 3. The first kappa shape index (κ1) is 17.6. The van der Waals surface area contributed by atoms with Crippen molar-refractivity contribution in [2.45, 2.75) is 83.0 Å². The lowest BCUT2D eigenvalue weighted by Crippen LogP contribution is -2.22. The number of rotatable bonds is 1. The van der Waals surface area contributed by atoms with Crippen LogP contribution in [0.4, 0.5) is 0 Å². The lowest BCUT2D eigenvalue weighted by atomic mass is 9.73. The van der Waals surface area contributed by atoms with E-state index >= 15 is 0 Å². The Labute approximate surface area is 158 Å². The van der Waals surface area contributed by atoms with Gasteiger partial charge in [-0.2, -0.15) is 0 Å². The molecule has 3 aromatic rings. The molecule has 1 heterocycles. The number of hydrogen-bond acceptors (Lipinski definition) is 0. The van der Waals surface area contributed by atoms with Crippen LogP contribution in [0, 0.1) is 0 Å². The number of benzene rings is 2. The first-order valence-electron chi connectivity index (χ1n) is 10.8. The highest BCUT2D eigenvalue weighted by Crippen LogP contribution is 2.40. The Bertz CT molecular complexity index is 845. The van der Waals surface area contributed by atoms with Gasteiger partial charge in [-0.05, 0) is 29.9 Å². The second-order valence-corrected chi connectivity index (χ2v) is 8.64. The summed E-state index contributed by atoms with van der Waals surface area (Å²) in [5, 5.41) is 2.76. The Morgan fingerprint density at radius 1 is 0.654 bits per heavy atom. The maximum absolute atomic E-state index is 3.76. The number of hydrogen-bond donors (Lipinski definition) is 1. The van der Waals surface area contributed by atoms with Crippen LogP contribution in [-0.4, -0.2) is 4.98 Å². The van der Waals surface area contributed by atoms with Gasteiger partial charge in [0.2, 0.25) is 0 Å². The summed E-state index contributed by atoms with van der Waals surface area (Å²) in [5.74, 6) is 0. The summed E-state index contributed by atoms with van der Waals surface area (Å²) >= 11 is 0. The van der Waals surface area contributed by atoms with Crippen LogP contribution in [0.3, 0.4) is 0 Å². The van der Waals surface area contributed by atoms with Gasteiger partial charge in [-0.15, -0.1) is 0 Å². The topological polar surface area (TPSA) is 15.8 Å². The molecule has 0 radical (unpaired) electrons. The molecule has 0 amide bonds. The normalized spacial score (nSPS) is 19.9. The van der Waals surface area contributed by atoms with Gasteiger partial charge in [0, 0.05) is 16.3 Å². The highest BCUT2D eigenvalue weighted by atomic mass is 14.7. The predicted octanol–water partition coefficient (Wildman–Crippen LogP) is 7.88. The molecule has 1 saturated carbocycles. The van der Waals surface area contributed by atoms with Crippen LogP contribution < -0.4 is 0 Å². The molecule has 0 saturated heterocycles. The lowest BCUT2D eigenvalue weighted by Gasteiger charge is -2.31. The SMILES string of the molecule is CC1(c2cccc3c2[nH]c2ccccc23)CCCCCCCCCCC1. The van der Waals surface area contributed by atoms with Crippen molar-refractivity contribution in [3.05, 3.63) is 48.0 Å². The highest BCUT2D eigenvalue weighted by Gasteiger charge is 2.28. The van der Waals surface area contributed by atoms with Gasteiger partial charge in [0.25, 0.3) is 0 Å². The van der Waals surface area contributed by atoms with Crippen molar-refractivity contribution in [1.29, 1.82) is 0 Å². The van der Waals surface area contributed by atoms with Crippen molar-refractivity contribution in [3.63, 3.8) is 0 Å². The molecule has 4 rings (SSSR count). The largest absolute Gasteiger partial charge is 0.354 e. The van der Waals surface area contributed by atoms with E-state index in [-0.39, 0.29) is 0 Å². The van der Waals surface area contributed by atoms with E-state index in [4.69, 9.17) is 0 Å². The molecule has 0 spiro atoms. The van der Waals surface area contributed by atoms with E-state index in [1.807, 2.05) is 0 Å². The molecule has 1 nitrogen and oxygen atoms in total. The van der Waals surface area contributed by atoms with Crippen LogP contribution in [0.2, 0.25) is 0 Å². The zero-order valence-electron chi connectivity index (χ0n) is 16.3. The molecule has 1 fully saturated rings. The molecule has 26 heavy (non-hydrogen) atoms. The van der Waals surface area contributed by atoms with Crippen molar-refractivity contribution in [1.82, 2.24) is 4.98 Å². The lowest BCUT2D eigenvalue weighted by molar-refractivity contribution is 0.358. The van der Waals surface area contributed by atoms with Crippen molar-refractivity contribution in [3.8, 4) is 0 Å². The number of aromatic amines is 1. The maximum Gasteiger partial charge on any atom is 0.0503 e. The fourth-order valence-corrected chi connectivity index (χ4v) is 5.04. The number of nitrogens with one attached hydrogen (secondary N) is 1. The average Bonchev–Trinajstić information content (AvgIpc) is 3.03. The molecule has 0 bridgehead atoms. The van der Waals surface area contributed by atoms with Gasteiger partial charge in [0.05, 0.1) is 5.52 Å². The fraction of sp³-hybridized carbons (Fsp3) is 0.520. The minimum Gasteiger partial charge on any atom is -0.354 e. The van der Waals surface area contributed by atoms with Gasteiger partial charge >= 0.3 is 0 Å². The summed E-state index contributed by atoms with van der Waals surface area (Å²) in [6.45, 7) is 2.53. The predicted molar refractivity (Wildman–Crippen MR) is 114 cm³/mol. The molecule has 0 atom stereocenters. The summed E-state index contributed by atoms with van der Waals surface area (Å²) in [6.07, 6.45) is 15.4. The molecule has 0 unspecified atom stereocenters. The third-order valence-electron chi connectivity index (χ3n) is 6.65. The molecule has 1 aliphatic carbocycles. The van der Waals surface area contributed by atoms with E-state index in [9.17, 15) is 0 Å². The molecule has 1 heteroatoms. The molecule has 138 valence electrons. The Balaban J connectivity index is 1.72. The zero-order valence-corrected chi connectivity index (χ0v) is 16.3. The van der Waals surface area contributed by atoms with E-state index < -0.39 is 0 Å². The van der Waals surface area contributed by atoms with Gasteiger partial charge in [-0.3, -0.25) is 0 Å². The molecule has 1 aromatic heterocycles. The van der Waals surface area contributed by atoms with Gasteiger partial charge in [0.15, 0.2) is 0 Å². The Morgan fingerprint density at radius 2 is 1.23 bits per heavy atom. The second kappa shape index (κ2) is 7.86. The third-order valence-corrected chi connectivity index (χ3v) is 6.65. The summed E-state index contributed by atoms with van der Waals surface area (Å²) < 4.78 is 0. The number of para-hydroxylation sites is 2. The maximum atomic E-state index is 3.76. The van der Waals surface area contributed by atoms with Gasteiger partial charge < -0.3 is 4.98 Å². The van der Waals surface area contributed by atoms with Crippen LogP contribution in [0.25, 0.3) is 21.8 Å². The quantitative estimate of drug-likeness (QED) is 0.460. The molecule has 0 aliphatic heterocycles. The number of aromatic nitrogens is 1. The smallest absolute Gasteiger partial charge is 0.0503 e. The second-order valence-electron chi connectivity index (χ2n) is 8.64.